The van der Waals surface area contributed by atoms with Crippen molar-refractivity contribution in [1.29, 1.82) is 5.26 Å². The van der Waals surface area contributed by atoms with Gasteiger partial charge in [0.2, 0.25) is 0 Å². The van der Waals surface area contributed by atoms with Gasteiger partial charge < -0.3 is 5.11 Å². The van der Waals surface area contributed by atoms with Crippen molar-refractivity contribution in [2.75, 3.05) is 0 Å². The van der Waals surface area contributed by atoms with Gasteiger partial charge in [0.15, 0.2) is 0 Å². The standard InChI is InChI=1S/C17H15NO2/c1-13(16(19)20)17(12-18,14-8-4-2-5-9-14)15-10-6-3-7-11-15/h2-11,13H,1H3,(H,19,20). The Morgan fingerprint density at radius 3 is 1.75 bits per heavy atom. The van der Waals surface area contributed by atoms with Crippen molar-refractivity contribution in [1.82, 2.24) is 0 Å². The lowest BCUT2D eigenvalue weighted by atomic mass is 9.67. The Balaban J connectivity index is 2.72. The molecular formula is C17H15NO2. The van der Waals surface area contributed by atoms with Crippen molar-refractivity contribution in [2.24, 2.45) is 5.92 Å². The number of carbonyl (C=O) groups is 1. The zero-order chi connectivity index (χ0) is 14.6. The molecule has 0 radical (unpaired) electrons. The third kappa shape index (κ3) is 2.17. The minimum Gasteiger partial charge on any atom is -0.481 e. The number of rotatable bonds is 4. The van der Waals surface area contributed by atoms with Crippen molar-refractivity contribution >= 4 is 5.97 Å². The van der Waals surface area contributed by atoms with Crippen LogP contribution in [-0.4, -0.2) is 11.1 Å². The van der Waals surface area contributed by atoms with Gasteiger partial charge in [0.25, 0.3) is 0 Å². The van der Waals surface area contributed by atoms with Crippen LogP contribution in [0.15, 0.2) is 60.7 Å². The average Bonchev–Trinajstić information content (AvgIpc) is 2.50. The van der Waals surface area contributed by atoms with Crippen LogP contribution in [0, 0.1) is 17.2 Å². The highest BCUT2D eigenvalue weighted by molar-refractivity contribution is 5.75. The van der Waals surface area contributed by atoms with Gasteiger partial charge in [0, 0.05) is 0 Å². The van der Waals surface area contributed by atoms with Gasteiger partial charge in [-0.15, -0.1) is 0 Å². The van der Waals surface area contributed by atoms with Crippen LogP contribution in [0.1, 0.15) is 18.1 Å². The molecule has 0 amide bonds. The number of hydrogen-bond acceptors (Lipinski definition) is 2. The molecule has 0 aliphatic heterocycles. The Labute approximate surface area is 118 Å². The van der Waals surface area contributed by atoms with E-state index in [2.05, 4.69) is 6.07 Å². The average molecular weight is 265 g/mol. The summed E-state index contributed by atoms with van der Waals surface area (Å²) in [5.74, 6) is -1.84. The quantitative estimate of drug-likeness (QED) is 0.923. The van der Waals surface area contributed by atoms with E-state index in [4.69, 9.17) is 0 Å². The summed E-state index contributed by atoms with van der Waals surface area (Å²) in [7, 11) is 0. The van der Waals surface area contributed by atoms with Crippen molar-refractivity contribution in [3.05, 3.63) is 71.8 Å². The molecule has 2 aromatic carbocycles. The van der Waals surface area contributed by atoms with Crippen molar-refractivity contribution in [2.45, 2.75) is 12.3 Å². The first kappa shape index (κ1) is 13.8. The number of nitrogens with zero attached hydrogens (tertiary/aromatic N) is 1. The largest absolute Gasteiger partial charge is 0.481 e. The van der Waals surface area contributed by atoms with Gasteiger partial charge in [-0.3, -0.25) is 4.79 Å². The van der Waals surface area contributed by atoms with Crippen LogP contribution in [0.3, 0.4) is 0 Å². The zero-order valence-electron chi connectivity index (χ0n) is 11.2. The third-order valence-electron chi connectivity index (χ3n) is 3.65. The molecule has 0 aromatic heterocycles. The molecule has 20 heavy (non-hydrogen) atoms. The molecule has 0 saturated carbocycles. The lowest BCUT2D eigenvalue weighted by Crippen LogP contribution is -2.38. The molecule has 3 nitrogen and oxygen atoms in total. The molecule has 3 heteroatoms. The predicted octanol–water partition coefficient (Wildman–Crippen LogP) is 3.22. The Morgan fingerprint density at radius 1 is 1.05 bits per heavy atom. The molecule has 0 bridgehead atoms. The highest BCUT2D eigenvalue weighted by Gasteiger charge is 2.43. The van der Waals surface area contributed by atoms with E-state index in [-0.39, 0.29) is 0 Å². The van der Waals surface area contributed by atoms with Crippen LogP contribution < -0.4 is 0 Å². The van der Waals surface area contributed by atoms with E-state index in [1.54, 1.807) is 31.2 Å². The summed E-state index contributed by atoms with van der Waals surface area (Å²) in [6, 6.07) is 20.4. The fourth-order valence-electron chi connectivity index (χ4n) is 2.48. The Bertz CT molecular complexity index is 590. The molecule has 1 N–H and O–H groups in total. The lowest BCUT2D eigenvalue weighted by Gasteiger charge is -2.31. The maximum Gasteiger partial charge on any atom is 0.308 e. The fourth-order valence-corrected chi connectivity index (χ4v) is 2.48. The van der Waals surface area contributed by atoms with Gasteiger partial charge >= 0.3 is 5.97 Å². The normalized spacial score (nSPS) is 12.4. The summed E-state index contributed by atoms with van der Waals surface area (Å²) in [5.41, 5.74) is 0.209. The fraction of sp³-hybridized carbons (Fsp3) is 0.176. The van der Waals surface area contributed by atoms with Crippen LogP contribution >= 0.6 is 0 Å². The van der Waals surface area contributed by atoms with Gasteiger partial charge in [0.05, 0.1) is 12.0 Å². The van der Waals surface area contributed by atoms with Crippen LogP contribution in [0.25, 0.3) is 0 Å². The second-order valence-corrected chi connectivity index (χ2v) is 4.71. The molecule has 100 valence electrons. The Morgan fingerprint density at radius 2 is 1.45 bits per heavy atom. The van der Waals surface area contributed by atoms with E-state index in [0.29, 0.717) is 11.1 Å². The van der Waals surface area contributed by atoms with Crippen molar-refractivity contribution in [3.63, 3.8) is 0 Å². The first-order valence-corrected chi connectivity index (χ1v) is 6.38. The molecule has 0 aliphatic carbocycles. The minimum atomic E-state index is -1.19. The molecule has 1 unspecified atom stereocenters. The van der Waals surface area contributed by atoms with E-state index in [1.807, 2.05) is 36.4 Å². The minimum absolute atomic E-state index is 0.698. The second-order valence-electron chi connectivity index (χ2n) is 4.71. The van der Waals surface area contributed by atoms with Crippen LogP contribution in [0.4, 0.5) is 0 Å². The molecule has 0 heterocycles. The number of hydrogen-bond donors (Lipinski definition) is 1. The number of benzene rings is 2. The lowest BCUT2D eigenvalue weighted by molar-refractivity contribution is -0.142. The zero-order valence-corrected chi connectivity index (χ0v) is 11.2. The van der Waals surface area contributed by atoms with Crippen LogP contribution in [0.5, 0.6) is 0 Å². The number of carboxylic acids is 1. The van der Waals surface area contributed by atoms with Gasteiger partial charge in [-0.1, -0.05) is 60.7 Å². The van der Waals surface area contributed by atoms with Crippen LogP contribution in [0.2, 0.25) is 0 Å². The predicted molar refractivity (Wildman–Crippen MR) is 76.1 cm³/mol. The van der Waals surface area contributed by atoms with Gasteiger partial charge in [-0.25, -0.2) is 0 Å². The smallest absolute Gasteiger partial charge is 0.308 e. The summed E-state index contributed by atoms with van der Waals surface area (Å²) < 4.78 is 0. The molecule has 1 atom stereocenters. The highest BCUT2D eigenvalue weighted by atomic mass is 16.4. The van der Waals surface area contributed by atoms with Crippen molar-refractivity contribution in [3.8, 4) is 6.07 Å². The first-order chi connectivity index (χ1) is 9.63. The Kier molecular flexibility index (Phi) is 3.86. The summed E-state index contributed by atoms with van der Waals surface area (Å²) >= 11 is 0. The van der Waals surface area contributed by atoms with E-state index < -0.39 is 17.3 Å². The van der Waals surface area contributed by atoms with Crippen molar-refractivity contribution < 1.29 is 9.90 Å². The Hall–Kier alpha value is -2.60. The highest BCUT2D eigenvalue weighted by Crippen LogP contribution is 2.38. The summed E-state index contributed by atoms with van der Waals surface area (Å²) in [6.45, 7) is 1.57. The van der Waals surface area contributed by atoms with E-state index >= 15 is 0 Å². The summed E-state index contributed by atoms with van der Waals surface area (Å²) in [6.07, 6.45) is 0. The first-order valence-electron chi connectivity index (χ1n) is 6.38. The van der Waals surface area contributed by atoms with Gasteiger partial charge in [0.1, 0.15) is 5.41 Å². The SMILES string of the molecule is CC(C(=O)O)C(C#N)(c1ccccc1)c1ccccc1. The maximum absolute atomic E-state index is 11.5. The summed E-state index contributed by atoms with van der Waals surface area (Å²) in [5, 5.41) is 19.2. The molecule has 0 fully saturated rings. The third-order valence-corrected chi connectivity index (χ3v) is 3.65. The molecule has 0 aliphatic rings. The van der Waals surface area contributed by atoms with E-state index in [9.17, 15) is 15.2 Å². The summed E-state index contributed by atoms with van der Waals surface area (Å²) in [4.78, 5) is 11.5. The van der Waals surface area contributed by atoms with Gasteiger partial charge in [-0.2, -0.15) is 5.26 Å². The molecule has 0 spiro atoms. The molecular weight excluding hydrogens is 250 g/mol. The second kappa shape index (κ2) is 5.58. The number of aliphatic carboxylic acids is 1. The molecule has 2 aromatic rings. The molecule has 2 rings (SSSR count). The van der Waals surface area contributed by atoms with Gasteiger partial charge in [-0.05, 0) is 18.1 Å². The maximum atomic E-state index is 11.5. The molecule has 0 saturated heterocycles. The van der Waals surface area contributed by atoms with Crippen LogP contribution in [-0.2, 0) is 10.2 Å². The van der Waals surface area contributed by atoms with E-state index in [0.717, 1.165) is 0 Å². The topological polar surface area (TPSA) is 61.1 Å². The monoisotopic (exact) mass is 265 g/mol. The van der Waals surface area contributed by atoms with E-state index in [1.165, 1.54) is 0 Å². The number of nitriles is 1. The number of carboxylic acid groups (broad SMARTS) is 1.